The number of aryl methyl sites for hydroxylation is 1. The average Bonchev–Trinajstić information content (AvgIpc) is 3.07. The molecule has 43 heavy (non-hydrogen) atoms. The van der Waals surface area contributed by atoms with E-state index in [9.17, 15) is 0 Å². The summed E-state index contributed by atoms with van der Waals surface area (Å²) in [6, 6.07) is 50.1. The van der Waals surface area contributed by atoms with Crippen molar-refractivity contribution < 1.29 is 0 Å². The van der Waals surface area contributed by atoms with E-state index in [1.54, 1.807) is 0 Å². The summed E-state index contributed by atoms with van der Waals surface area (Å²) < 4.78 is 0. The molecule has 8 rings (SSSR count). The summed E-state index contributed by atoms with van der Waals surface area (Å²) >= 11 is 0. The molecule has 0 fully saturated rings. The minimum absolute atomic E-state index is 0.0676. The summed E-state index contributed by atoms with van der Waals surface area (Å²) in [5.41, 5.74) is 15.5. The van der Waals surface area contributed by atoms with Gasteiger partial charge in [-0.15, -0.1) is 0 Å². The lowest BCUT2D eigenvalue weighted by Gasteiger charge is -2.23. The molecule has 0 saturated heterocycles. The highest BCUT2D eigenvalue weighted by Gasteiger charge is 2.23. The van der Waals surface area contributed by atoms with Crippen molar-refractivity contribution in [2.24, 2.45) is 0 Å². The highest BCUT2D eigenvalue weighted by molar-refractivity contribution is 6.04. The fraction of sp³-hybridized carbons (Fsp3) is 0.0732. The first-order chi connectivity index (χ1) is 21.2. The molecule has 0 bridgehead atoms. The monoisotopic (exact) mass is 550 g/mol. The average molecular weight is 551 g/mol. The van der Waals surface area contributed by atoms with Crippen LogP contribution >= 0.6 is 0 Å². The van der Waals surface area contributed by atoms with Gasteiger partial charge in [-0.2, -0.15) is 0 Å². The molecule has 0 amide bonds. The Kier molecular flexibility index (Phi) is 6.01. The molecule has 1 aliphatic rings. The number of para-hydroxylation sites is 1. The zero-order chi connectivity index (χ0) is 28.9. The first-order valence-electron chi connectivity index (χ1n) is 14.9. The Morgan fingerprint density at radius 3 is 1.56 bits per heavy atom. The lowest BCUT2D eigenvalue weighted by molar-refractivity contribution is 0.821. The number of rotatable bonds is 3. The zero-order valence-electron chi connectivity index (χ0n) is 24.3. The van der Waals surface area contributed by atoms with E-state index in [2.05, 4.69) is 153 Å². The fourth-order valence-electron chi connectivity index (χ4n) is 6.73. The van der Waals surface area contributed by atoms with Crippen LogP contribution in [0.15, 0.2) is 140 Å². The van der Waals surface area contributed by atoms with Crippen molar-refractivity contribution >= 4 is 10.9 Å². The molecule has 1 atom stereocenters. The van der Waals surface area contributed by atoms with Crippen molar-refractivity contribution in [1.29, 1.82) is 0 Å². The SMILES string of the molecule is Cc1ccccc1C(C)c1nc(-c2ccc3c(c2)-c2ccccc2-c2ccccc2-c2ccccc2-3)c2ccccc2n1. The minimum atomic E-state index is 0.0676. The van der Waals surface area contributed by atoms with Crippen LogP contribution in [0.4, 0.5) is 0 Å². The van der Waals surface area contributed by atoms with Crippen molar-refractivity contribution in [3.63, 3.8) is 0 Å². The molecule has 204 valence electrons. The van der Waals surface area contributed by atoms with Crippen LogP contribution in [0.3, 0.4) is 0 Å². The lowest BCUT2D eigenvalue weighted by atomic mass is 9.80. The van der Waals surface area contributed by atoms with Crippen LogP contribution in [0.5, 0.6) is 0 Å². The standard InChI is InChI=1S/C41H30N2/c1-26-13-3-4-14-29(26)27(2)41-42-39-22-12-11-21-37(39)40(43-41)28-23-24-36-34-19-8-7-17-32(34)30-15-5-6-16-31(30)33-18-9-10-20-35(33)38(36)25-28/h3-25,27H,1-2H3. The third kappa shape index (κ3) is 4.18. The largest absolute Gasteiger partial charge is 0.232 e. The Balaban J connectivity index is 1.39. The number of hydrogen-bond acceptors (Lipinski definition) is 2. The van der Waals surface area contributed by atoms with E-state index in [1.807, 2.05) is 0 Å². The highest BCUT2D eigenvalue weighted by atomic mass is 14.9. The van der Waals surface area contributed by atoms with Crippen LogP contribution in [0.25, 0.3) is 66.7 Å². The minimum Gasteiger partial charge on any atom is -0.232 e. The number of fused-ring (bicyclic) bond motifs is 9. The number of nitrogens with zero attached hydrogens (tertiary/aromatic N) is 2. The van der Waals surface area contributed by atoms with Gasteiger partial charge in [0.05, 0.1) is 11.2 Å². The summed E-state index contributed by atoms with van der Waals surface area (Å²) in [5, 5.41) is 1.06. The molecule has 0 saturated carbocycles. The first-order valence-corrected chi connectivity index (χ1v) is 14.9. The van der Waals surface area contributed by atoms with Crippen molar-refractivity contribution in [3.8, 4) is 55.8 Å². The zero-order valence-corrected chi connectivity index (χ0v) is 24.3. The maximum Gasteiger partial charge on any atom is 0.136 e. The molecule has 6 aromatic carbocycles. The maximum atomic E-state index is 5.30. The van der Waals surface area contributed by atoms with Gasteiger partial charge in [0.25, 0.3) is 0 Å². The summed E-state index contributed by atoms with van der Waals surface area (Å²) in [6.07, 6.45) is 0. The van der Waals surface area contributed by atoms with E-state index in [0.29, 0.717) is 0 Å². The third-order valence-corrected chi connectivity index (χ3v) is 8.90. The van der Waals surface area contributed by atoms with Crippen LogP contribution in [0.1, 0.15) is 29.8 Å². The van der Waals surface area contributed by atoms with Gasteiger partial charge in [-0.1, -0.05) is 134 Å². The summed E-state index contributed by atoms with van der Waals surface area (Å²) in [6.45, 7) is 4.37. The van der Waals surface area contributed by atoms with E-state index in [1.165, 1.54) is 55.6 Å². The maximum absolute atomic E-state index is 5.30. The lowest BCUT2D eigenvalue weighted by Crippen LogP contribution is -2.06. The molecule has 1 unspecified atom stereocenters. The van der Waals surface area contributed by atoms with Crippen molar-refractivity contribution in [1.82, 2.24) is 9.97 Å². The van der Waals surface area contributed by atoms with Gasteiger partial charge in [0, 0.05) is 16.9 Å². The van der Waals surface area contributed by atoms with Crippen LogP contribution in [-0.2, 0) is 0 Å². The van der Waals surface area contributed by atoms with Crippen LogP contribution in [0.2, 0.25) is 0 Å². The van der Waals surface area contributed by atoms with Crippen molar-refractivity contribution in [2.45, 2.75) is 19.8 Å². The Hall–Kier alpha value is -5.34. The van der Waals surface area contributed by atoms with Gasteiger partial charge in [0.15, 0.2) is 0 Å². The van der Waals surface area contributed by atoms with E-state index in [-0.39, 0.29) is 5.92 Å². The molecule has 2 nitrogen and oxygen atoms in total. The second kappa shape index (κ2) is 10.2. The third-order valence-electron chi connectivity index (χ3n) is 8.90. The highest BCUT2D eigenvalue weighted by Crippen LogP contribution is 2.48. The van der Waals surface area contributed by atoms with E-state index >= 15 is 0 Å². The molecule has 0 radical (unpaired) electrons. The van der Waals surface area contributed by atoms with Crippen LogP contribution < -0.4 is 0 Å². The summed E-state index contributed by atoms with van der Waals surface area (Å²) in [7, 11) is 0. The molecular formula is C41H30N2. The van der Waals surface area contributed by atoms with Crippen LogP contribution in [0, 0.1) is 6.92 Å². The smallest absolute Gasteiger partial charge is 0.136 e. The predicted molar refractivity (Wildman–Crippen MR) is 179 cm³/mol. The number of aromatic nitrogens is 2. The fourth-order valence-corrected chi connectivity index (χ4v) is 6.73. The van der Waals surface area contributed by atoms with E-state index in [4.69, 9.17) is 9.97 Å². The summed E-state index contributed by atoms with van der Waals surface area (Å²) in [5.74, 6) is 0.910. The van der Waals surface area contributed by atoms with Crippen molar-refractivity contribution in [3.05, 3.63) is 156 Å². The second-order valence-corrected chi connectivity index (χ2v) is 11.4. The molecule has 1 aromatic heterocycles. The van der Waals surface area contributed by atoms with Gasteiger partial charge < -0.3 is 0 Å². The first kappa shape index (κ1) is 25.4. The van der Waals surface area contributed by atoms with Gasteiger partial charge >= 0.3 is 0 Å². The van der Waals surface area contributed by atoms with Gasteiger partial charge in [-0.3, -0.25) is 0 Å². The summed E-state index contributed by atoms with van der Waals surface area (Å²) in [4.78, 5) is 10.4. The quantitative estimate of drug-likeness (QED) is 0.219. The molecule has 0 N–H and O–H groups in total. The van der Waals surface area contributed by atoms with Gasteiger partial charge in [-0.05, 0) is 74.7 Å². The Bertz CT molecular complexity index is 2170. The van der Waals surface area contributed by atoms with E-state index in [0.717, 1.165) is 28.0 Å². The van der Waals surface area contributed by atoms with Crippen molar-refractivity contribution in [2.75, 3.05) is 0 Å². The molecule has 0 aliphatic heterocycles. The molecule has 2 heteroatoms. The van der Waals surface area contributed by atoms with E-state index < -0.39 is 0 Å². The van der Waals surface area contributed by atoms with Crippen LogP contribution in [-0.4, -0.2) is 9.97 Å². The molecule has 1 aliphatic carbocycles. The van der Waals surface area contributed by atoms with Gasteiger partial charge in [0.1, 0.15) is 5.82 Å². The Labute approximate surface area is 252 Å². The molecule has 1 heterocycles. The second-order valence-electron chi connectivity index (χ2n) is 11.4. The molecule has 0 spiro atoms. The van der Waals surface area contributed by atoms with Gasteiger partial charge in [0.2, 0.25) is 0 Å². The molecular weight excluding hydrogens is 520 g/mol. The van der Waals surface area contributed by atoms with Gasteiger partial charge in [-0.25, -0.2) is 9.97 Å². The normalized spacial score (nSPS) is 12.3. The molecule has 7 aromatic rings. The predicted octanol–water partition coefficient (Wildman–Crippen LogP) is 10.7. The topological polar surface area (TPSA) is 25.8 Å². The number of hydrogen-bond donors (Lipinski definition) is 0. The Morgan fingerprint density at radius 2 is 0.953 bits per heavy atom. The number of benzene rings is 6. The Morgan fingerprint density at radius 1 is 0.465 bits per heavy atom.